The van der Waals surface area contributed by atoms with Crippen LogP contribution in [0.5, 0.6) is 0 Å². The minimum absolute atomic E-state index is 0.0693. The summed E-state index contributed by atoms with van der Waals surface area (Å²) in [4.78, 5) is 1.54. The normalized spacial score (nSPS) is 11.8. The molecule has 0 aliphatic heterocycles. The number of allylic oxidation sites excluding steroid dienone is 1. The zero-order chi connectivity index (χ0) is 14.5. The highest BCUT2D eigenvalue weighted by atomic mass is 32.2. The van der Waals surface area contributed by atoms with E-state index in [1.165, 1.54) is 4.90 Å². The third-order valence-electron chi connectivity index (χ3n) is 2.74. The van der Waals surface area contributed by atoms with E-state index in [0.29, 0.717) is 6.54 Å². The molecule has 106 valence electrons. The summed E-state index contributed by atoms with van der Waals surface area (Å²) in [7, 11) is -4.02. The zero-order valence-electron chi connectivity index (χ0n) is 10.9. The monoisotopic (exact) mass is 285 g/mol. The van der Waals surface area contributed by atoms with Gasteiger partial charge in [0.1, 0.15) is 0 Å². The average molecular weight is 285 g/mol. The Morgan fingerprint density at radius 1 is 1.37 bits per heavy atom. The molecule has 1 aromatic rings. The Balaban J connectivity index is 2.79. The van der Waals surface area contributed by atoms with Gasteiger partial charge in [-0.25, -0.2) is 0 Å². The van der Waals surface area contributed by atoms with Crippen molar-refractivity contribution >= 4 is 15.7 Å². The lowest BCUT2D eigenvalue weighted by Gasteiger charge is -2.20. The van der Waals surface area contributed by atoms with Crippen molar-refractivity contribution in [1.82, 2.24) is 4.90 Å². The highest BCUT2D eigenvalue weighted by Crippen LogP contribution is 2.18. The van der Waals surface area contributed by atoms with Crippen molar-refractivity contribution in [2.24, 2.45) is 0 Å². The van der Waals surface area contributed by atoms with Crippen molar-refractivity contribution in [3.8, 4) is 0 Å². The summed E-state index contributed by atoms with van der Waals surface area (Å²) in [5.41, 5.74) is 2.84. The molecule has 0 aliphatic carbocycles. The Kier molecular flexibility index (Phi) is 5.68. The number of hydrogen-bond donors (Lipinski definition) is 2. The molecule has 19 heavy (non-hydrogen) atoms. The van der Waals surface area contributed by atoms with Crippen LogP contribution in [-0.4, -0.2) is 42.0 Å². The molecular weight excluding hydrogens is 266 g/mol. The quantitative estimate of drug-likeness (QED) is 0.584. The minimum atomic E-state index is -4.02. The summed E-state index contributed by atoms with van der Waals surface area (Å²) in [6.45, 7) is 5.97. The van der Waals surface area contributed by atoms with Crippen LogP contribution in [0.15, 0.2) is 30.8 Å². The first-order valence-electron chi connectivity index (χ1n) is 5.85. The van der Waals surface area contributed by atoms with Gasteiger partial charge in [-0.2, -0.15) is 8.42 Å². The molecule has 0 heterocycles. The molecule has 6 heteroatoms. The highest BCUT2D eigenvalue weighted by Gasteiger charge is 2.12. The molecule has 0 spiro atoms. The zero-order valence-corrected chi connectivity index (χ0v) is 11.7. The number of rotatable bonds is 7. The molecule has 0 fully saturated rings. The molecule has 0 saturated carbocycles. The molecular formula is C13H19NO4S. The molecule has 0 amide bonds. The van der Waals surface area contributed by atoms with Gasteiger partial charge < -0.3 is 5.11 Å². The molecule has 0 unspecified atom stereocenters. The summed E-state index contributed by atoms with van der Waals surface area (Å²) in [5, 5.41) is 9.24. The first-order valence-corrected chi connectivity index (χ1v) is 7.46. The van der Waals surface area contributed by atoms with Gasteiger partial charge in [-0.05, 0) is 18.1 Å². The van der Waals surface area contributed by atoms with Crippen molar-refractivity contribution in [3.63, 3.8) is 0 Å². The second kappa shape index (κ2) is 6.81. The van der Waals surface area contributed by atoms with Gasteiger partial charge in [-0.15, -0.1) is 0 Å². The summed E-state index contributed by atoms with van der Waals surface area (Å²) in [5.74, 6) is -0.400. The third kappa shape index (κ3) is 5.52. The lowest BCUT2D eigenvalue weighted by atomic mass is 10.0. The van der Waals surface area contributed by atoms with E-state index in [1.54, 1.807) is 0 Å². The minimum Gasteiger partial charge on any atom is -0.381 e. The second-order valence-electron chi connectivity index (χ2n) is 4.42. The van der Waals surface area contributed by atoms with Gasteiger partial charge in [-0.1, -0.05) is 36.4 Å². The van der Waals surface area contributed by atoms with Gasteiger partial charge in [-0.3, -0.25) is 9.45 Å². The summed E-state index contributed by atoms with van der Waals surface area (Å²) in [6.07, 6.45) is 0. The molecule has 0 aliphatic rings. The summed E-state index contributed by atoms with van der Waals surface area (Å²) >= 11 is 0. The van der Waals surface area contributed by atoms with Crippen LogP contribution in [0.3, 0.4) is 0 Å². The van der Waals surface area contributed by atoms with Crippen molar-refractivity contribution in [2.75, 3.05) is 19.0 Å². The van der Waals surface area contributed by atoms with E-state index < -0.39 is 15.9 Å². The number of hydrogen-bond acceptors (Lipinski definition) is 4. The Morgan fingerprint density at radius 2 is 2.00 bits per heavy atom. The number of aliphatic hydroxyl groups excluding tert-OH is 1. The lowest BCUT2D eigenvalue weighted by molar-refractivity contribution is 0.106. The van der Waals surface area contributed by atoms with Gasteiger partial charge >= 0.3 is 0 Å². The second-order valence-corrected chi connectivity index (χ2v) is 5.99. The van der Waals surface area contributed by atoms with Crippen LogP contribution in [0.1, 0.15) is 18.1 Å². The molecule has 2 N–H and O–H groups in total. The van der Waals surface area contributed by atoms with Crippen LogP contribution >= 0.6 is 0 Å². The maximum absolute atomic E-state index is 10.7. The largest absolute Gasteiger partial charge is 0.381 e. The number of benzene rings is 1. The molecule has 0 radical (unpaired) electrons. The van der Waals surface area contributed by atoms with E-state index in [-0.39, 0.29) is 13.3 Å². The first kappa shape index (κ1) is 15.8. The number of nitrogens with zero attached hydrogens (tertiary/aromatic N) is 1. The van der Waals surface area contributed by atoms with Crippen molar-refractivity contribution in [1.29, 1.82) is 0 Å². The van der Waals surface area contributed by atoms with Crippen LogP contribution in [-0.2, 0) is 16.7 Å². The van der Waals surface area contributed by atoms with E-state index in [9.17, 15) is 13.5 Å². The van der Waals surface area contributed by atoms with Gasteiger partial charge in [0.25, 0.3) is 10.1 Å². The first-order chi connectivity index (χ1) is 8.83. The van der Waals surface area contributed by atoms with E-state index in [2.05, 4.69) is 6.58 Å². The van der Waals surface area contributed by atoms with Crippen molar-refractivity contribution in [3.05, 3.63) is 42.0 Å². The number of aliphatic hydroxyl groups is 1. The van der Waals surface area contributed by atoms with Gasteiger partial charge in [0.05, 0.1) is 12.5 Å². The predicted octanol–water partition coefficient (Wildman–Crippen LogP) is 1.36. The molecule has 1 rings (SSSR count). The highest BCUT2D eigenvalue weighted by molar-refractivity contribution is 7.85. The van der Waals surface area contributed by atoms with Gasteiger partial charge in [0, 0.05) is 13.1 Å². The van der Waals surface area contributed by atoms with Crippen molar-refractivity contribution in [2.45, 2.75) is 13.5 Å². The Hall–Kier alpha value is -1.21. The lowest BCUT2D eigenvalue weighted by Crippen LogP contribution is -2.30. The van der Waals surface area contributed by atoms with E-state index in [4.69, 9.17) is 4.55 Å². The Labute approximate surface area is 113 Å². The van der Waals surface area contributed by atoms with Crippen LogP contribution < -0.4 is 0 Å². The fourth-order valence-electron chi connectivity index (χ4n) is 1.76. The standard InChI is InChI=1S/C13H19NO4S/c1-11(2)13-6-4-3-5-12(13)9-14(10-15)7-8-19(16,17)18/h3-6,15H,1,7-10H2,2H3,(H,16,17,18). The fourth-order valence-corrected chi connectivity index (χ4v) is 2.25. The van der Waals surface area contributed by atoms with Crippen LogP contribution in [0, 0.1) is 0 Å². The maximum atomic E-state index is 10.7. The van der Waals surface area contributed by atoms with Gasteiger partial charge in [0.15, 0.2) is 0 Å². The molecule has 0 bridgehead atoms. The summed E-state index contributed by atoms with van der Waals surface area (Å²) in [6, 6.07) is 7.60. The van der Waals surface area contributed by atoms with Crippen molar-refractivity contribution < 1.29 is 18.1 Å². The predicted molar refractivity (Wildman–Crippen MR) is 75.1 cm³/mol. The van der Waals surface area contributed by atoms with E-state index in [1.807, 2.05) is 31.2 Å². The smallest absolute Gasteiger partial charge is 0.266 e. The average Bonchev–Trinajstić information content (AvgIpc) is 2.33. The third-order valence-corrected chi connectivity index (χ3v) is 3.44. The molecule has 0 saturated heterocycles. The van der Waals surface area contributed by atoms with Crippen LogP contribution in [0.25, 0.3) is 5.57 Å². The maximum Gasteiger partial charge on any atom is 0.266 e. The fraction of sp³-hybridized carbons (Fsp3) is 0.385. The molecule has 1 aromatic carbocycles. The SMILES string of the molecule is C=C(C)c1ccccc1CN(CO)CCS(=O)(=O)O. The van der Waals surface area contributed by atoms with Crippen LogP contribution in [0.2, 0.25) is 0 Å². The van der Waals surface area contributed by atoms with Crippen LogP contribution in [0.4, 0.5) is 0 Å². The molecule has 5 nitrogen and oxygen atoms in total. The molecule has 0 aromatic heterocycles. The Bertz CT molecular complexity index is 539. The summed E-state index contributed by atoms with van der Waals surface area (Å²) < 4.78 is 30.1. The topological polar surface area (TPSA) is 77.8 Å². The molecule has 0 atom stereocenters. The van der Waals surface area contributed by atoms with E-state index >= 15 is 0 Å². The van der Waals surface area contributed by atoms with Gasteiger partial charge in [0.2, 0.25) is 0 Å². The van der Waals surface area contributed by atoms with E-state index in [0.717, 1.165) is 16.7 Å². The Morgan fingerprint density at radius 3 is 2.53 bits per heavy atom.